The lowest BCUT2D eigenvalue weighted by atomic mass is 10.0. The number of aryl methyl sites for hydroxylation is 1. The molecular formula is C16H20ClNO3. The van der Waals surface area contributed by atoms with Gasteiger partial charge < -0.3 is 19.2 Å². The Balaban J connectivity index is 2.49. The molecule has 0 fully saturated rings. The molecule has 1 unspecified atom stereocenters. The van der Waals surface area contributed by atoms with Crippen LogP contribution in [-0.2, 0) is 0 Å². The van der Waals surface area contributed by atoms with Crippen molar-refractivity contribution in [1.82, 2.24) is 5.32 Å². The van der Waals surface area contributed by atoms with Crippen molar-refractivity contribution in [2.24, 2.45) is 0 Å². The number of ether oxygens (including phenoxy) is 2. The van der Waals surface area contributed by atoms with Crippen LogP contribution in [0.2, 0.25) is 5.02 Å². The summed E-state index contributed by atoms with van der Waals surface area (Å²) in [5.41, 5.74) is 0.894. The molecule has 0 aliphatic rings. The predicted octanol–water partition coefficient (Wildman–Crippen LogP) is 3.96. The van der Waals surface area contributed by atoms with E-state index < -0.39 is 0 Å². The van der Waals surface area contributed by atoms with Gasteiger partial charge in [0.15, 0.2) is 11.5 Å². The van der Waals surface area contributed by atoms with Crippen LogP contribution >= 0.6 is 11.6 Å². The number of benzene rings is 1. The van der Waals surface area contributed by atoms with Crippen molar-refractivity contribution in [2.75, 3.05) is 20.8 Å². The summed E-state index contributed by atoms with van der Waals surface area (Å²) < 4.78 is 16.4. The van der Waals surface area contributed by atoms with Crippen molar-refractivity contribution >= 4 is 11.6 Å². The topological polar surface area (TPSA) is 43.6 Å². The number of hydrogen-bond donors (Lipinski definition) is 1. The molecule has 1 N–H and O–H groups in total. The molecule has 1 aromatic heterocycles. The van der Waals surface area contributed by atoms with Crippen LogP contribution in [0.25, 0.3) is 0 Å². The highest BCUT2D eigenvalue weighted by Crippen LogP contribution is 2.38. The van der Waals surface area contributed by atoms with E-state index in [2.05, 4.69) is 5.32 Å². The fourth-order valence-corrected chi connectivity index (χ4v) is 2.53. The average Bonchev–Trinajstić information content (AvgIpc) is 2.91. The van der Waals surface area contributed by atoms with Gasteiger partial charge in [0, 0.05) is 11.1 Å². The molecule has 0 aliphatic heterocycles. The molecule has 21 heavy (non-hydrogen) atoms. The first-order valence-electron chi connectivity index (χ1n) is 6.81. The van der Waals surface area contributed by atoms with E-state index in [1.165, 1.54) is 0 Å². The minimum Gasteiger partial charge on any atom is -0.493 e. The Morgan fingerprint density at radius 1 is 1.19 bits per heavy atom. The van der Waals surface area contributed by atoms with Gasteiger partial charge in [-0.25, -0.2) is 0 Å². The predicted molar refractivity (Wildman–Crippen MR) is 83.5 cm³/mol. The third-order valence-corrected chi connectivity index (χ3v) is 3.60. The summed E-state index contributed by atoms with van der Waals surface area (Å²) >= 11 is 6.41. The van der Waals surface area contributed by atoms with Crippen molar-refractivity contribution in [1.29, 1.82) is 0 Å². The minimum atomic E-state index is -0.129. The highest BCUT2D eigenvalue weighted by atomic mass is 35.5. The molecule has 1 atom stereocenters. The molecule has 2 aromatic rings. The molecule has 114 valence electrons. The van der Waals surface area contributed by atoms with E-state index in [1.54, 1.807) is 20.3 Å². The Kier molecular flexibility index (Phi) is 5.15. The summed E-state index contributed by atoms with van der Waals surface area (Å²) in [6.45, 7) is 4.75. The van der Waals surface area contributed by atoms with E-state index in [0.29, 0.717) is 16.5 Å². The Labute approximate surface area is 130 Å². The standard InChI is InChI=1S/C16H20ClNO3/c1-5-18-16(13-7-6-10(2)21-13)11-8-14(19-3)15(20-4)9-12(11)17/h6-9,16,18H,5H2,1-4H3. The first kappa shape index (κ1) is 15.7. The molecule has 0 spiro atoms. The van der Waals surface area contributed by atoms with Gasteiger partial charge in [-0.15, -0.1) is 0 Å². The van der Waals surface area contributed by atoms with Crippen molar-refractivity contribution in [3.8, 4) is 11.5 Å². The van der Waals surface area contributed by atoms with Crippen molar-refractivity contribution in [3.05, 3.63) is 46.4 Å². The molecule has 0 aliphatic carbocycles. The third kappa shape index (κ3) is 3.34. The maximum atomic E-state index is 6.41. The summed E-state index contributed by atoms with van der Waals surface area (Å²) in [5, 5.41) is 3.99. The molecule has 0 saturated carbocycles. The lowest BCUT2D eigenvalue weighted by Crippen LogP contribution is -2.22. The van der Waals surface area contributed by atoms with Gasteiger partial charge in [0.2, 0.25) is 0 Å². The molecule has 5 heteroatoms. The maximum absolute atomic E-state index is 6.41. The van der Waals surface area contributed by atoms with Gasteiger partial charge in [-0.1, -0.05) is 18.5 Å². The Hall–Kier alpha value is -1.65. The van der Waals surface area contributed by atoms with Crippen molar-refractivity contribution in [2.45, 2.75) is 19.9 Å². The van der Waals surface area contributed by atoms with Crippen molar-refractivity contribution in [3.63, 3.8) is 0 Å². The van der Waals surface area contributed by atoms with Gasteiger partial charge in [-0.3, -0.25) is 0 Å². The Morgan fingerprint density at radius 3 is 2.38 bits per heavy atom. The lowest BCUT2D eigenvalue weighted by molar-refractivity contribution is 0.353. The largest absolute Gasteiger partial charge is 0.493 e. The van der Waals surface area contributed by atoms with Crippen LogP contribution in [0.5, 0.6) is 11.5 Å². The molecule has 1 heterocycles. The van der Waals surface area contributed by atoms with Crippen LogP contribution in [0.3, 0.4) is 0 Å². The molecule has 4 nitrogen and oxygen atoms in total. The van der Waals surface area contributed by atoms with E-state index in [9.17, 15) is 0 Å². The first-order valence-corrected chi connectivity index (χ1v) is 7.19. The van der Waals surface area contributed by atoms with Crippen LogP contribution in [0.15, 0.2) is 28.7 Å². The third-order valence-electron chi connectivity index (χ3n) is 3.27. The number of nitrogens with one attached hydrogen (secondary N) is 1. The molecule has 2 rings (SSSR count). The minimum absolute atomic E-state index is 0.129. The van der Waals surface area contributed by atoms with Gasteiger partial charge in [0.1, 0.15) is 11.5 Å². The van der Waals surface area contributed by atoms with E-state index >= 15 is 0 Å². The summed E-state index contributed by atoms with van der Waals surface area (Å²) in [6, 6.07) is 7.41. The monoisotopic (exact) mass is 309 g/mol. The van der Waals surface area contributed by atoms with Crippen LogP contribution in [0, 0.1) is 6.92 Å². The summed E-state index contributed by atoms with van der Waals surface area (Å²) in [4.78, 5) is 0. The molecule has 1 aromatic carbocycles. The number of rotatable bonds is 6. The highest BCUT2D eigenvalue weighted by molar-refractivity contribution is 6.31. The van der Waals surface area contributed by atoms with Crippen LogP contribution in [-0.4, -0.2) is 20.8 Å². The zero-order chi connectivity index (χ0) is 15.4. The Bertz CT molecular complexity index is 610. The quantitative estimate of drug-likeness (QED) is 0.877. The number of methoxy groups -OCH3 is 2. The second-order valence-electron chi connectivity index (χ2n) is 4.67. The van der Waals surface area contributed by atoms with E-state index in [0.717, 1.165) is 23.6 Å². The van der Waals surface area contributed by atoms with E-state index in [1.807, 2.05) is 32.0 Å². The fourth-order valence-electron chi connectivity index (χ4n) is 2.27. The summed E-state index contributed by atoms with van der Waals surface area (Å²) in [7, 11) is 3.19. The van der Waals surface area contributed by atoms with Gasteiger partial charge >= 0.3 is 0 Å². The summed E-state index contributed by atoms with van der Waals surface area (Å²) in [6.07, 6.45) is 0. The Morgan fingerprint density at radius 2 is 1.86 bits per heavy atom. The SMILES string of the molecule is CCNC(c1ccc(C)o1)c1cc(OC)c(OC)cc1Cl. The van der Waals surface area contributed by atoms with E-state index in [-0.39, 0.29) is 6.04 Å². The molecular weight excluding hydrogens is 290 g/mol. The highest BCUT2D eigenvalue weighted by Gasteiger charge is 2.22. The second-order valence-corrected chi connectivity index (χ2v) is 5.08. The van der Waals surface area contributed by atoms with Gasteiger partial charge in [0.25, 0.3) is 0 Å². The number of hydrogen-bond acceptors (Lipinski definition) is 4. The molecule has 0 saturated heterocycles. The molecule has 0 bridgehead atoms. The van der Waals surface area contributed by atoms with Gasteiger partial charge in [-0.2, -0.15) is 0 Å². The van der Waals surface area contributed by atoms with Gasteiger partial charge in [-0.05, 0) is 37.2 Å². The van der Waals surface area contributed by atoms with Crippen LogP contribution in [0.4, 0.5) is 0 Å². The van der Waals surface area contributed by atoms with E-state index in [4.69, 9.17) is 25.5 Å². The number of furan rings is 1. The fraction of sp³-hybridized carbons (Fsp3) is 0.375. The average molecular weight is 310 g/mol. The number of halogens is 1. The van der Waals surface area contributed by atoms with Gasteiger partial charge in [0.05, 0.1) is 20.3 Å². The molecule has 0 amide bonds. The first-order chi connectivity index (χ1) is 10.1. The smallest absolute Gasteiger partial charge is 0.162 e. The van der Waals surface area contributed by atoms with Crippen LogP contribution in [0.1, 0.15) is 30.0 Å². The second kappa shape index (κ2) is 6.87. The van der Waals surface area contributed by atoms with Crippen molar-refractivity contribution < 1.29 is 13.9 Å². The summed E-state index contributed by atoms with van der Waals surface area (Å²) in [5.74, 6) is 2.94. The zero-order valence-electron chi connectivity index (χ0n) is 12.7. The normalized spacial score (nSPS) is 12.2. The lowest BCUT2D eigenvalue weighted by Gasteiger charge is -2.19. The molecule has 0 radical (unpaired) electrons. The zero-order valence-corrected chi connectivity index (χ0v) is 13.5. The maximum Gasteiger partial charge on any atom is 0.162 e. The van der Waals surface area contributed by atoms with Crippen LogP contribution < -0.4 is 14.8 Å².